The number of aliphatic hydroxyl groups excluding tert-OH is 1. The molecule has 1 aromatic carbocycles. The average molecular weight is 296 g/mol. The van der Waals surface area contributed by atoms with Gasteiger partial charge >= 0.3 is 5.97 Å². The van der Waals surface area contributed by atoms with Crippen molar-refractivity contribution in [2.24, 2.45) is 0 Å². The maximum absolute atomic E-state index is 11.2. The van der Waals surface area contributed by atoms with Crippen LogP contribution in [0.2, 0.25) is 0 Å². The smallest absolute Gasteiger partial charge is 0.308 e. The van der Waals surface area contributed by atoms with E-state index in [9.17, 15) is 20.0 Å². The molecule has 0 radical (unpaired) electrons. The van der Waals surface area contributed by atoms with Crippen molar-refractivity contribution in [3.8, 4) is 0 Å². The van der Waals surface area contributed by atoms with E-state index in [1.807, 2.05) is 0 Å². The van der Waals surface area contributed by atoms with Gasteiger partial charge in [0.2, 0.25) is 0 Å². The highest BCUT2D eigenvalue weighted by Gasteiger charge is 2.14. The molecule has 2 N–H and O–H groups in total. The average Bonchev–Trinajstić information content (AvgIpc) is 2.40. The van der Waals surface area contributed by atoms with Gasteiger partial charge in [0.25, 0.3) is 5.69 Å². The summed E-state index contributed by atoms with van der Waals surface area (Å²) in [6.07, 6.45) is -0.919. The second kappa shape index (κ2) is 8.33. The van der Waals surface area contributed by atoms with Crippen LogP contribution in [0.1, 0.15) is 24.5 Å². The number of nitrogens with zero attached hydrogens (tertiary/aromatic N) is 1. The van der Waals surface area contributed by atoms with Crippen molar-refractivity contribution < 1.29 is 19.6 Å². The number of esters is 1. The van der Waals surface area contributed by atoms with Gasteiger partial charge < -0.3 is 15.2 Å². The Morgan fingerprint density at radius 2 is 2.24 bits per heavy atom. The summed E-state index contributed by atoms with van der Waals surface area (Å²) in [5.41, 5.74) is 1.45. The first kappa shape index (κ1) is 17.1. The number of nitro groups is 1. The SMILES string of the molecule is CCOC(=O)CC(O)CNCc1cccc([N+](=O)[O-])c1C. The molecule has 0 aromatic heterocycles. The van der Waals surface area contributed by atoms with Crippen LogP contribution in [-0.4, -0.2) is 35.3 Å². The van der Waals surface area contributed by atoms with Gasteiger partial charge in [-0.05, 0) is 19.4 Å². The summed E-state index contributed by atoms with van der Waals surface area (Å²) in [4.78, 5) is 21.6. The van der Waals surface area contributed by atoms with Gasteiger partial charge in [-0.15, -0.1) is 0 Å². The largest absolute Gasteiger partial charge is 0.466 e. The van der Waals surface area contributed by atoms with E-state index in [-0.39, 0.29) is 25.3 Å². The van der Waals surface area contributed by atoms with Gasteiger partial charge in [0.1, 0.15) is 0 Å². The molecule has 0 fully saturated rings. The Kier molecular flexibility index (Phi) is 6.77. The second-order valence-corrected chi connectivity index (χ2v) is 4.61. The number of nitrogens with one attached hydrogen (secondary N) is 1. The molecular formula is C14H20N2O5. The molecule has 1 rings (SSSR count). The highest BCUT2D eigenvalue weighted by molar-refractivity contribution is 5.69. The molecule has 0 bridgehead atoms. The van der Waals surface area contributed by atoms with Gasteiger partial charge in [-0.25, -0.2) is 0 Å². The van der Waals surface area contributed by atoms with Gasteiger partial charge in [-0.2, -0.15) is 0 Å². The van der Waals surface area contributed by atoms with E-state index in [2.05, 4.69) is 5.32 Å². The van der Waals surface area contributed by atoms with Crippen LogP contribution in [0.25, 0.3) is 0 Å². The Morgan fingerprint density at radius 1 is 1.52 bits per heavy atom. The van der Waals surface area contributed by atoms with E-state index in [1.54, 1.807) is 26.0 Å². The van der Waals surface area contributed by atoms with Crippen molar-refractivity contribution >= 4 is 11.7 Å². The zero-order valence-corrected chi connectivity index (χ0v) is 12.2. The zero-order valence-electron chi connectivity index (χ0n) is 12.2. The minimum Gasteiger partial charge on any atom is -0.466 e. The third kappa shape index (κ3) is 5.49. The van der Waals surface area contributed by atoms with Crippen molar-refractivity contribution in [2.75, 3.05) is 13.2 Å². The molecule has 0 saturated carbocycles. The maximum Gasteiger partial charge on any atom is 0.308 e. The quantitative estimate of drug-likeness (QED) is 0.426. The summed E-state index contributed by atoms with van der Waals surface area (Å²) in [5.74, 6) is -0.446. The highest BCUT2D eigenvalue weighted by Crippen LogP contribution is 2.20. The van der Waals surface area contributed by atoms with Gasteiger partial charge in [-0.1, -0.05) is 12.1 Å². The Balaban J connectivity index is 2.47. The van der Waals surface area contributed by atoms with Crippen LogP contribution in [0.15, 0.2) is 18.2 Å². The number of carbonyl (C=O) groups is 1. The normalized spacial score (nSPS) is 12.0. The van der Waals surface area contributed by atoms with Crippen molar-refractivity contribution in [1.29, 1.82) is 0 Å². The molecule has 0 amide bonds. The van der Waals surface area contributed by atoms with Gasteiger partial charge in [-0.3, -0.25) is 14.9 Å². The molecule has 0 spiro atoms. The maximum atomic E-state index is 11.2. The number of rotatable bonds is 8. The van der Waals surface area contributed by atoms with Crippen LogP contribution in [0, 0.1) is 17.0 Å². The number of hydrogen-bond acceptors (Lipinski definition) is 6. The topological polar surface area (TPSA) is 102 Å². The molecule has 0 heterocycles. The molecule has 21 heavy (non-hydrogen) atoms. The van der Waals surface area contributed by atoms with E-state index in [0.29, 0.717) is 12.1 Å². The van der Waals surface area contributed by atoms with Crippen LogP contribution in [0.4, 0.5) is 5.69 Å². The molecule has 0 saturated heterocycles. The first-order valence-electron chi connectivity index (χ1n) is 6.73. The molecule has 1 aromatic rings. The number of benzene rings is 1. The van der Waals surface area contributed by atoms with E-state index in [1.165, 1.54) is 6.07 Å². The molecule has 7 nitrogen and oxygen atoms in total. The van der Waals surface area contributed by atoms with E-state index < -0.39 is 17.0 Å². The first-order valence-corrected chi connectivity index (χ1v) is 6.73. The minimum atomic E-state index is -0.844. The summed E-state index contributed by atoms with van der Waals surface area (Å²) in [7, 11) is 0. The van der Waals surface area contributed by atoms with Crippen LogP contribution in [0.5, 0.6) is 0 Å². The van der Waals surface area contributed by atoms with Crippen LogP contribution < -0.4 is 5.32 Å². The zero-order chi connectivity index (χ0) is 15.8. The standard InChI is InChI=1S/C14H20N2O5/c1-3-21-14(18)7-12(17)9-15-8-11-5-4-6-13(10(11)2)16(19)20/h4-6,12,15,17H,3,7-9H2,1-2H3. The van der Waals surface area contributed by atoms with Crippen LogP contribution >= 0.6 is 0 Å². The lowest BCUT2D eigenvalue weighted by Gasteiger charge is -2.12. The van der Waals surface area contributed by atoms with Crippen LogP contribution in [0.3, 0.4) is 0 Å². The molecule has 116 valence electrons. The summed E-state index contributed by atoms with van der Waals surface area (Å²) in [6.45, 7) is 4.26. The van der Waals surface area contributed by atoms with E-state index in [0.717, 1.165) is 5.56 Å². The number of ether oxygens (including phenoxy) is 1. The van der Waals surface area contributed by atoms with E-state index in [4.69, 9.17) is 4.74 Å². The van der Waals surface area contributed by atoms with E-state index >= 15 is 0 Å². The second-order valence-electron chi connectivity index (χ2n) is 4.61. The lowest BCUT2D eigenvalue weighted by Crippen LogP contribution is -2.29. The van der Waals surface area contributed by atoms with Crippen LogP contribution in [-0.2, 0) is 16.1 Å². The lowest BCUT2D eigenvalue weighted by molar-refractivity contribution is -0.385. The third-order valence-corrected chi connectivity index (χ3v) is 3.02. The first-order chi connectivity index (χ1) is 9.95. The number of aliphatic hydroxyl groups is 1. The van der Waals surface area contributed by atoms with Crippen molar-refractivity contribution in [1.82, 2.24) is 5.32 Å². The molecule has 0 aliphatic heterocycles. The van der Waals surface area contributed by atoms with Crippen molar-refractivity contribution in [2.45, 2.75) is 32.9 Å². The monoisotopic (exact) mass is 296 g/mol. The molecule has 0 aliphatic rings. The Morgan fingerprint density at radius 3 is 2.86 bits per heavy atom. The van der Waals surface area contributed by atoms with Gasteiger partial charge in [0.15, 0.2) is 0 Å². The Labute approximate surface area is 123 Å². The summed E-state index contributed by atoms with van der Waals surface area (Å²) >= 11 is 0. The highest BCUT2D eigenvalue weighted by atomic mass is 16.6. The third-order valence-electron chi connectivity index (χ3n) is 3.02. The lowest BCUT2D eigenvalue weighted by atomic mass is 10.1. The fourth-order valence-corrected chi connectivity index (χ4v) is 1.92. The van der Waals surface area contributed by atoms with Gasteiger partial charge in [0, 0.05) is 24.7 Å². The molecular weight excluding hydrogens is 276 g/mol. The fourth-order valence-electron chi connectivity index (χ4n) is 1.92. The van der Waals surface area contributed by atoms with Gasteiger partial charge in [0.05, 0.1) is 24.1 Å². The molecule has 1 unspecified atom stereocenters. The predicted octanol–water partition coefficient (Wildman–Crippen LogP) is 1.31. The summed E-state index contributed by atoms with van der Waals surface area (Å²) < 4.78 is 4.74. The van der Waals surface area contributed by atoms with Crippen molar-refractivity contribution in [3.63, 3.8) is 0 Å². The molecule has 7 heteroatoms. The minimum absolute atomic E-state index is 0.0707. The number of carbonyl (C=O) groups excluding carboxylic acids is 1. The summed E-state index contributed by atoms with van der Waals surface area (Å²) in [6, 6.07) is 4.86. The Bertz CT molecular complexity index is 504. The fraction of sp³-hybridized carbons (Fsp3) is 0.500. The number of nitro benzene ring substituents is 1. The molecule has 0 aliphatic carbocycles. The summed E-state index contributed by atoms with van der Waals surface area (Å²) in [5, 5.41) is 23.5. The number of hydrogen-bond donors (Lipinski definition) is 2. The predicted molar refractivity (Wildman–Crippen MR) is 76.8 cm³/mol. The molecule has 1 atom stereocenters. The van der Waals surface area contributed by atoms with Crippen molar-refractivity contribution in [3.05, 3.63) is 39.4 Å². The Hall–Kier alpha value is -1.99.